The third kappa shape index (κ3) is 4.30. The first-order chi connectivity index (χ1) is 11.3. The van der Waals surface area contributed by atoms with Crippen molar-refractivity contribution in [2.75, 3.05) is 6.67 Å². The largest absolute Gasteiger partial charge is 0.484 e. The summed E-state index contributed by atoms with van der Waals surface area (Å²) in [6.07, 6.45) is 1.32. The zero-order valence-corrected chi connectivity index (χ0v) is 16.5. The van der Waals surface area contributed by atoms with E-state index in [-0.39, 0.29) is 4.99 Å². The van der Waals surface area contributed by atoms with Gasteiger partial charge in [-0.15, -0.1) is 0 Å². The molecule has 1 heterocycles. The maximum Gasteiger partial charge on any atom is 0.151 e. The number of aryl methyl sites for hydroxylation is 1. The van der Waals surface area contributed by atoms with Crippen molar-refractivity contribution in [1.82, 2.24) is 10.3 Å². The van der Waals surface area contributed by atoms with Gasteiger partial charge in [0, 0.05) is 15.2 Å². The highest BCUT2D eigenvalue weighted by Gasteiger charge is 2.26. The number of nitrogens with zero attached hydrogens (tertiary/aromatic N) is 2. The number of ether oxygens (including phenoxy) is 1. The molecule has 0 aliphatic carbocycles. The predicted molar refractivity (Wildman–Crippen MR) is 105 cm³/mol. The van der Waals surface area contributed by atoms with Gasteiger partial charge in [0.1, 0.15) is 23.5 Å². The van der Waals surface area contributed by atoms with Crippen LogP contribution in [0, 0.1) is 21.8 Å². The Morgan fingerprint density at radius 3 is 2.88 bits per heavy atom. The highest BCUT2D eigenvalue weighted by Crippen LogP contribution is 2.25. The predicted octanol–water partition coefficient (Wildman–Crippen LogP) is 4.08. The van der Waals surface area contributed by atoms with Gasteiger partial charge >= 0.3 is 0 Å². The molecule has 0 saturated heterocycles. The van der Waals surface area contributed by atoms with E-state index in [1.54, 1.807) is 6.92 Å². The normalized spacial score (nSPS) is 14.5. The van der Waals surface area contributed by atoms with E-state index in [0.29, 0.717) is 5.75 Å². The Hall–Kier alpha value is -1.53. The van der Waals surface area contributed by atoms with E-state index in [4.69, 9.17) is 22.2 Å². The number of halogens is 2. The van der Waals surface area contributed by atoms with Crippen LogP contribution < -0.4 is 10.1 Å². The van der Waals surface area contributed by atoms with Crippen molar-refractivity contribution >= 4 is 50.7 Å². The van der Waals surface area contributed by atoms with Gasteiger partial charge in [-0.05, 0) is 67.1 Å². The van der Waals surface area contributed by atoms with Crippen LogP contribution in [0.4, 0.5) is 4.39 Å². The topological polar surface area (TPSA) is 57.9 Å². The SMILES string of the molecule is Cc1cc(OC(C)C(=S)NC(C)(C#N)CF)cc2cc(I)cnc12. The number of fused-ring (bicyclic) bond motifs is 1. The Balaban J connectivity index is 2.20. The number of hydrogen-bond acceptors (Lipinski definition) is 4. The first kappa shape index (κ1) is 18.8. The van der Waals surface area contributed by atoms with E-state index < -0.39 is 18.3 Å². The second kappa shape index (κ2) is 7.57. The summed E-state index contributed by atoms with van der Waals surface area (Å²) in [5.41, 5.74) is 0.579. The summed E-state index contributed by atoms with van der Waals surface area (Å²) in [5, 5.41) is 12.7. The third-order valence-corrected chi connectivity index (χ3v) is 4.53. The molecule has 0 bridgehead atoms. The van der Waals surface area contributed by atoms with Crippen molar-refractivity contribution < 1.29 is 9.13 Å². The van der Waals surface area contributed by atoms with Crippen LogP contribution in [0.2, 0.25) is 0 Å². The molecule has 1 aromatic heterocycles. The van der Waals surface area contributed by atoms with Crippen molar-refractivity contribution in [2.45, 2.75) is 32.4 Å². The Kier molecular flexibility index (Phi) is 5.93. The Morgan fingerprint density at radius 1 is 1.54 bits per heavy atom. The molecule has 126 valence electrons. The molecule has 2 unspecified atom stereocenters. The summed E-state index contributed by atoms with van der Waals surface area (Å²) in [4.78, 5) is 4.71. The summed E-state index contributed by atoms with van der Waals surface area (Å²) in [6, 6.07) is 7.69. The fourth-order valence-corrected chi connectivity index (χ4v) is 2.91. The lowest BCUT2D eigenvalue weighted by molar-refractivity contribution is 0.277. The minimum absolute atomic E-state index is 0.287. The van der Waals surface area contributed by atoms with Crippen molar-refractivity contribution in [3.05, 3.63) is 33.5 Å². The number of rotatable bonds is 5. The first-order valence-corrected chi connectivity index (χ1v) is 8.78. The highest BCUT2D eigenvalue weighted by atomic mass is 127. The van der Waals surface area contributed by atoms with Crippen LogP contribution in [0.15, 0.2) is 24.4 Å². The third-order valence-electron chi connectivity index (χ3n) is 3.51. The molecule has 1 N–H and O–H groups in total. The summed E-state index contributed by atoms with van der Waals surface area (Å²) >= 11 is 7.45. The maximum absolute atomic E-state index is 13.0. The minimum Gasteiger partial charge on any atom is -0.484 e. The molecule has 0 spiro atoms. The Bertz CT molecular complexity index is 823. The van der Waals surface area contributed by atoms with E-state index in [1.165, 1.54) is 6.92 Å². The molecule has 24 heavy (non-hydrogen) atoms. The van der Waals surface area contributed by atoms with E-state index in [2.05, 4.69) is 32.9 Å². The van der Waals surface area contributed by atoms with E-state index in [0.717, 1.165) is 20.0 Å². The molecule has 0 aliphatic rings. The number of nitrogens with one attached hydrogen (secondary N) is 1. The lowest BCUT2D eigenvalue weighted by Crippen LogP contribution is -2.50. The highest BCUT2D eigenvalue weighted by molar-refractivity contribution is 14.1. The van der Waals surface area contributed by atoms with E-state index >= 15 is 0 Å². The molecule has 2 aromatic rings. The number of hydrogen-bond donors (Lipinski definition) is 1. The summed E-state index contributed by atoms with van der Waals surface area (Å²) < 4.78 is 19.9. The van der Waals surface area contributed by atoms with Gasteiger partial charge in [0.05, 0.1) is 11.6 Å². The van der Waals surface area contributed by atoms with Crippen LogP contribution in [0.5, 0.6) is 5.75 Å². The number of aromatic nitrogens is 1. The quantitative estimate of drug-likeness (QED) is 0.542. The number of pyridine rings is 1. The second-order valence-corrected chi connectivity index (χ2v) is 7.48. The molecule has 2 rings (SSSR count). The van der Waals surface area contributed by atoms with Crippen LogP contribution in [0.3, 0.4) is 0 Å². The maximum atomic E-state index is 13.0. The van der Waals surface area contributed by atoms with Crippen LogP contribution >= 0.6 is 34.8 Å². The molecule has 2 atom stereocenters. The van der Waals surface area contributed by atoms with Gasteiger partial charge < -0.3 is 10.1 Å². The number of nitriles is 1. The fraction of sp³-hybridized carbons (Fsp3) is 0.353. The van der Waals surface area contributed by atoms with Crippen molar-refractivity contribution in [3.8, 4) is 11.8 Å². The van der Waals surface area contributed by atoms with Gasteiger partial charge in [-0.3, -0.25) is 4.98 Å². The standard InChI is InChI=1S/C17H17FIN3OS/c1-10-4-14(6-12-5-13(19)7-21-15(10)12)23-11(2)16(24)22-17(3,8-18)9-20/h4-7,11H,8H2,1-3H3,(H,22,24). The van der Waals surface area contributed by atoms with Crippen molar-refractivity contribution in [2.24, 2.45) is 0 Å². The van der Waals surface area contributed by atoms with E-state index in [9.17, 15) is 4.39 Å². The molecule has 0 saturated carbocycles. The first-order valence-electron chi connectivity index (χ1n) is 7.30. The van der Waals surface area contributed by atoms with Crippen LogP contribution in [-0.4, -0.2) is 28.3 Å². The lowest BCUT2D eigenvalue weighted by atomic mass is 10.1. The van der Waals surface area contributed by atoms with Crippen molar-refractivity contribution in [3.63, 3.8) is 0 Å². The van der Waals surface area contributed by atoms with Crippen LogP contribution in [0.25, 0.3) is 10.9 Å². The molecule has 1 aromatic carbocycles. The average Bonchev–Trinajstić information content (AvgIpc) is 2.54. The van der Waals surface area contributed by atoms with Gasteiger partial charge in [0.25, 0.3) is 0 Å². The van der Waals surface area contributed by atoms with Gasteiger partial charge in [0.2, 0.25) is 0 Å². The summed E-state index contributed by atoms with van der Waals surface area (Å²) in [5.74, 6) is 0.652. The van der Waals surface area contributed by atoms with E-state index in [1.807, 2.05) is 37.4 Å². The van der Waals surface area contributed by atoms with Crippen LogP contribution in [-0.2, 0) is 0 Å². The molecular weight excluding hydrogens is 440 g/mol. The molecule has 0 aliphatic heterocycles. The monoisotopic (exact) mass is 457 g/mol. The van der Waals surface area contributed by atoms with Gasteiger partial charge in [-0.25, -0.2) is 4.39 Å². The number of benzene rings is 1. The zero-order chi connectivity index (χ0) is 17.9. The second-order valence-electron chi connectivity index (χ2n) is 5.79. The molecular formula is C17H17FIN3OS. The smallest absolute Gasteiger partial charge is 0.151 e. The summed E-state index contributed by atoms with van der Waals surface area (Å²) in [6.45, 7) is 4.35. The van der Waals surface area contributed by atoms with Gasteiger partial charge in [0.15, 0.2) is 5.54 Å². The van der Waals surface area contributed by atoms with Gasteiger partial charge in [-0.1, -0.05) is 12.2 Å². The minimum atomic E-state index is -1.34. The van der Waals surface area contributed by atoms with Crippen LogP contribution in [0.1, 0.15) is 19.4 Å². The van der Waals surface area contributed by atoms with Crippen molar-refractivity contribution in [1.29, 1.82) is 5.26 Å². The van der Waals surface area contributed by atoms with Gasteiger partial charge in [-0.2, -0.15) is 5.26 Å². The number of alkyl halides is 1. The zero-order valence-electron chi connectivity index (χ0n) is 13.6. The summed E-state index contributed by atoms with van der Waals surface area (Å²) in [7, 11) is 0. The lowest BCUT2D eigenvalue weighted by Gasteiger charge is -2.25. The fourth-order valence-electron chi connectivity index (χ4n) is 2.16. The molecule has 0 amide bonds. The Labute approximate surface area is 159 Å². The average molecular weight is 457 g/mol. The molecule has 4 nitrogen and oxygen atoms in total. The Morgan fingerprint density at radius 2 is 2.25 bits per heavy atom. The molecule has 0 radical (unpaired) electrons. The molecule has 0 fully saturated rings. The molecule has 7 heteroatoms. The number of thiocarbonyl (C=S) groups is 1.